The Bertz CT molecular complexity index is 1670. The molecule has 1 aromatic heterocycles. The summed E-state index contributed by atoms with van der Waals surface area (Å²) in [5.74, 6) is 0.802. The van der Waals surface area contributed by atoms with E-state index >= 15 is 4.39 Å². The molecule has 0 unspecified atom stereocenters. The van der Waals surface area contributed by atoms with Crippen molar-refractivity contribution in [2.75, 3.05) is 21.3 Å². The van der Waals surface area contributed by atoms with Crippen molar-refractivity contribution in [3.8, 4) is 39.9 Å². The highest BCUT2D eigenvalue weighted by atomic mass is 19.1. The molecule has 0 saturated heterocycles. The Morgan fingerprint density at radius 3 is 2.32 bits per heavy atom. The number of fused-ring (bicyclic) bond motifs is 2. The number of pyridine rings is 1. The first-order chi connectivity index (χ1) is 17.9. The summed E-state index contributed by atoms with van der Waals surface area (Å²) in [7, 11) is 4.56. The summed E-state index contributed by atoms with van der Waals surface area (Å²) in [6.07, 6.45) is 1.59. The van der Waals surface area contributed by atoms with E-state index in [1.165, 1.54) is 14.2 Å². The van der Waals surface area contributed by atoms with E-state index in [2.05, 4.69) is 4.98 Å². The summed E-state index contributed by atoms with van der Waals surface area (Å²) in [6.45, 7) is 0. The molecule has 0 fully saturated rings. The molecule has 37 heavy (non-hydrogen) atoms. The van der Waals surface area contributed by atoms with E-state index in [1.807, 2.05) is 12.1 Å². The lowest BCUT2D eigenvalue weighted by Gasteiger charge is -2.14. The summed E-state index contributed by atoms with van der Waals surface area (Å²) in [4.78, 5) is 16.2. The number of nitrogens with two attached hydrogens (primary N) is 1. The van der Waals surface area contributed by atoms with E-state index in [-0.39, 0.29) is 11.3 Å². The second-order valence-electron chi connectivity index (χ2n) is 8.20. The van der Waals surface area contributed by atoms with Crippen LogP contribution in [0.15, 0.2) is 72.9 Å². The van der Waals surface area contributed by atoms with Gasteiger partial charge in [-0.15, -0.1) is 0 Å². The van der Waals surface area contributed by atoms with Gasteiger partial charge in [0.1, 0.15) is 11.5 Å². The number of carbonyl (C=O) groups excluding carboxylic acids is 1. The number of benzene rings is 4. The zero-order chi connectivity index (χ0) is 26.1. The van der Waals surface area contributed by atoms with Crippen LogP contribution in [0.5, 0.6) is 28.7 Å². The van der Waals surface area contributed by atoms with Crippen LogP contribution in [0.1, 0.15) is 10.4 Å². The number of amides is 1. The van der Waals surface area contributed by atoms with Gasteiger partial charge in [0.25, 0.3) is 5.91 Å². The zero-order valence-corrected chi connectivity index (χ0v) is 20.4. The molecule has 0 aliphatic heterocycles. The number of nitrogens with zero attached hydrogens (tertiary/aromatic N) is 1. The van der Waals surface area contributed by atoms with Gasteiger partial charge < -0.3 is 24.7 Å². The molecule has 0 aliphatic carbocycles. The van der Waals surface area contributed by atoms with Crippen LogP contribution in [0.2, 0.25) is 0 Å². The molecule has 0 spiro atoms. The molecule has 5 rings (SSSR count). The third-order valence-electron chi connectivity index (χ3n) is 6.14. The fraction of sp³-hybridized carbons (Fsp3) is 0.103. The molecule has 186 valence electrons. The van der Waals surface area contributed by atoms with Gasteiger partial charge in [0.05, 0.1) is 32.4 Å². The predicted molar refractivity (Wildman–Crippen MR) is 139 cm³/mol. The molecule has 4 aromatic carbocycles. The van der Waals surface area contributed by atoms with E-state index in [4.69, 9.17) is 24.7 Å². The average Bonchev–Trinajstić information content (AvgIpc) is 2.93. The third kappa shape index (κ3) is 4.23. The number of carbonyl (C=O) groups is 1. The van der Waals surface area contributed by atoms with E-state index in [1.54, 1.807) is 67.9 Å². The maximum atomic E-state index is 15.6. The minimum absolute atomic E-state index is 0.0656. The quantitative estimate of drug-likeness (QED) is 0.291. The number of ether oxygens (including phenoxy) is 4. The molecular weight excluding hydrogens is 475 g/mol. The summed E-state index contributed by atoms with van der Waals surface area (Å²) in [6, 6.07) is 18.9. The first-order valence-corrected chi connectivity index (χ1v) is 11.3. The van der Waals surface area contributed by atoms with Crippen molar-refractivity contribution in [3.63, 3.8) is 0 Å². The second kappa shape index (κ2) is 9.66. The van der Waals surface area contributed by atoms with Crippen molar-refractivity contribution in [1.82, 2.24) is 4.98 Å². The van der Waals surface area contributed by atoms with Gasteiger partial charge in [-0.25, -0.2) is 4.39 Å². The Morgan fingerprint density at radius 2 is 1.59 bits per heavy atom. The summed E-state index contributed by atoms with van der Waals surface area (Å²) < 4.78 is 37.8. The topological polar surface area (TPSA) is 92.9 Å². The van der Waals surface area contributed by atoms with Gasteiger partial charge in [-0.05, 0) is 41.3 Å². The van der Waals surface area contributed by atoms with Crippen molar-refractivity contribution in [2.24, 2.45) is 5.73 Å². The maximum Gasteiger partial charge on any atom is 0.252 e. The van der Waals surface area contributed by atoms with E-state index in [9.17, 15) is 4.79 Å². The van der Waals surface area contributed by atoms with Crippen molar-refractivity contribution >= 4 is 27.6 Å². The first kappa shape index (κ1) is 23.9. The summed E-state index contributed by atoms with van der Waals surface area (Å²) >= 11 is 0. The third-order valence-corrected chi connectivity index (χ3v) is 6.14. The lowest BCUT2D eigenvalue weighted by atomic mass is 9.98. The van der Waals surface area contributed by atoms with E-state index < -0.39 is 11.7 Å². The fourth-order valence-corrected chi connectivity index (χ4v) is 4.35. The molecule has 1 heterocycles. The molecule has 0 bridgehead atoms. The van der Waals surface area contributed by atoms with Crippen LogP contribution >= 0.6 is 0 Å². The van der Waals surface area contributed by atoms with Crippen LogP contribution < -0.4 is 24.7 Å². The van der Waals surface area contributed by atoms with Crippen molar-refractivity contribution < 1.29 is 28.1 Å². The normalized spacial score (nSPS) is 10.9. The molecule has 5 aromatic rings. The number of halogens is 1. The highest BCUT2D eigenvalue weighted by Gasteiger charge is 2.17. The molecule has 0 aliphatic rings. The molecule has 8 heteroatoms. The minimum atomic E-state index is -0.591. The van der Waals surface area contributed by atoms with Gasteiger partial charge >= 0.3 is 0 Å². The Labute approximate surface area is 212 Å². The summed E-state index contributed by atoms with van der Waals surface area (Å²) in [5, 5.41) is 1.68. The number of rotatable bonds is 7. The predicted octanol–water partition coefficient (Wildman–Crippen LogP) is 6.11. The number of hydrogen-bond donors (Lipinski definition) is 1. The number of primary amides is 1. The molecule has 1 amide bonds. The molecule has 2 N–H and O–H groups in total. The Balaban J connectivity index is 1.56. The van der Waals surface area contributed by atoms with Gasteiger partial charge in [0.15, 0.2) is 23.1 Å². The minimum Gasteiger partial charge on any atom is -0.495 e. The van der Waals surface area contributed by atoms with E-state index in [0.717, 1.165) is 5.56 Å². The Kier molecular flexibility index (Phi) is 6.23. The lowest BCUT2D eigenvalue weighted by Crippen LogP contribution is -2.12. The molecular formula is C29H23FN2O5. The van der Waals surface area contributed by atoms with E-state index in [0.29, 0.717) is 50.2 Å². The largest absolute Gasteiger partial charge is 0.495 e. The van der Waals surface area contributed by atoms with Gasteiger partial charge in [-0.2, -0.15) is 0 Å². The number of methoxy groups -OCH3 is 3. The maximum absolute atomic E-state index is 15.6. The molecule has 0 saturated carbocycles. The Morgan fingerprint density at radius 1 is 0.811 bits per heavy atom. The monoisotopic (exact) mass is 498 g/mol. The molecule has 0 atom stereocenters. The van der Waals surface area contributed by atoms with Crippen LogP contribution in [0.4, 0.5) is 4.39 Å². The highest BCUT2D eigenvalue weighted by Crippen LogP contribution is 2.39. The Hall–Kier alpha value is -4.85. The van der Waals surface area contributed by atoms with Gasteiger partial charge in [0.2, 0.25) is 0 Å². The highest BCUT2D eigenvalue weighted by molar-refractivity contribution is 5.99. The van der Waals surface area contributed by atoms with Gasteiger partial charge in [-0.1, -0.05) is 30.3 Å². The standard InChI is InChI=1S/C29H23FN2O5/c1-34-25-14-21-22(15-26(25)35-2)32-12-11-23(21)37-24-10-8-16-13-17(7-9-18(16)27(24)30)19-5-4-6-20(29(31)33)28(19)36-3/h4-15H,1-3H3,(H2,31,33). The second-order valence-corrected chi connectivity index (χ2v) is 8.20. The van der Waals surface area contributed by atoms with Crippen LogP contribution in [0.25, 0.3) is 32.8 Å². The van der Waals surface area contributed by atoms with Crippen LogP contribution in [-0.2, 0) is 0 Å². The summed E-state index contributed by atoms with van der Waals surface area (Å²) in [5.41, 5.74) is 7.81. The van der Waals surface area contributed by atoms with Crippen LogP contribution in [0.3, 0.4) is 0 Å². The number of aromatic nitrogens is 1. The molecule has 7 nitrogen and oxygen atoms in total. The number of para-hydroxylation sites is 1. The van der Waals surface area contributed by atoms with Crippen LogP contribution in [0, 0.1) is 5.82 Å². The average molecular weight is 499 g/mol. The van der Waals surface area contributed by atoms with Crippen molar-refractivity contribution in [2.45, 2.75) is 0 Å². The van der Waals surface area contributed by atoms with Gasteiger partial charge in [-0.3, -0.25) is 9.78 Å². The van der Waals surface area contributed by atoms with Crippen molar-refractivity contribution in [1.29, 1.82) is 0 Å². The zero-order valence-electron chi connectivity index (χ0n) is 20.4. The van der Waals surface area contributed by atoms with Crippen LogP contribution in [-0.4, -0.2) is 32.2 Å². The van der Waals surface area contributed by atoms with Gasteiger partial charge in [0, 0.05) is 28.6 Å². The smallest absolute Gasteiger partial charge is 0.252 e. The number of hydrogen-bond acceptors (Lipinski definition) is 6. The molecule has 0 radical (unpaired) electrons. The lowest BCUT2D eigenvalue weighted by molar-refractivity contribution is 0.0997. The van der Waals surface area contributed by atoms with Crippen molar-refractivity contribution in [3.05, 3.63) is 84.3 Å². The fourth-order valence-electron chi connectivity index (χ4n) is 4.35. The first-order valence-electron chi connectivity index (χ1n) is 11.3. The SMILES string of the molecule is COc1cc2nccc(Oc3ccc4cc(-c5cccc(C(N)=O)c5OC)ccc4c3F)c2cc1OC.